The van der Waals surface area contributed by atoms with Gasteiger partial charge in [-0.05, 0) is 0 Å². The van der Waals surface area contributed by atoms with Crippen LogP contribution in [0.5, 0.6) is 0 Å². The maximum absolute atomic E-state index is 7.51. The Bertz CT molecular complexity index is 1500. The van der Waals surface area contributed by atoms with Gasteiger partial charge in [-0.1, -0.05) is 0 Å². The second kappa shape index (κ2) is 10.6. The molecule has 6 rings (SSSR count). The third-order valence-electron chi connectivity index (χ3n) is 8.04. The molecule has 187 valence electrons. The topological polar surface area (TPSA) is 0 Å². The first kappa shape index (κ1) is 25.9. The first-order valence-electron chi connectivity index (χ1n) is 13.4. The van der Waals surface area contributed by atoms with Crippen LogP contribution in [-0.4, -0.2) is 10.7 Å². The predicted octanol–water partition coefficient (Wildman–Crippen LogP) is 9.92. The molecule has 0 radical (unpaired) electrons. The van der Waals surface area contributed by atoms with Crippen LogP contribution in [0.15, 0.2) is 108 Å². The fraction of sp³-hybridized carbons (Fsp3) is 0.171. The van der Waals surface area contributed by atoms with Crippen molar-refractivity contribution in [1.29, 1.82) is 0 Å². The van der Waals surface area contributed by atoms with Gasteiger partial charge < -0.3 is 0 Å². The van der Waals surface area contributed by atoms with Crippen LogP contribution in [0.1, 0.15) is 43.4 Å². The van der Waals surface area contributed by atoms with E-state index in [-0.39, 0.29) is 0 Å². The molecule has 38 heavy (non-hydrogen) atoms. The molecule has 2 atom stereocenters. The Morgan fingerprint density at radius 1 is 0.605 bits per heavy atom. The van der Waals surface area contributed by atoms with Gasteiger partial charge >= 0.3 is 243 Å². The zero-order valence-electron chi connectivity index (χ0n) is 22.4. The average molecular weight is 607 g/mol. The molecule has 0 bridgehead atoms. The van der Waals surface area contributed by atoms with Crippen LogP contribution in [-0.2, 0) is 21.8 Å². The van der Waals surface area contributed by atoms with Crippen LogP contribution in [0.2, 0.25) is 13.1 Å². The zero-order valence-corrected chi connectivity index (χ0v) is 26.6. The predicted molar refractivity (Wildman–Crippen MR) is 165 cm³/mol. The van der Waals surface area contributed by atoms with E-state index in [1.807, 2.05) is 0 Å². The molecule has 4 aromatic carbocycles. The molecule has 3 heteroatoms. The first-order valence-corrected chi connectivity index (χ1v) is 20.3. The quantitative estimate of drug-likeness (QED) is 0.198. The molecule has 0 fully saturated rings. The summed E-state index contributed by atoms with van der Waals surface area (Å²) < 4.78 is 2.29. The third kappa shape index (κ3) is 4.45. The fourth-order valence-corrected chi connectivity index (χ4v) is 22.0. The minimum atomic E-state index is -2.52. The molecule has 0 saturated heterocycles. The summed E-state index contributed by atoms with van der Waals surface area (Å²) >= 11 is 4.99. The Hall–Kier alpha value is -2.38. The van der Waals surface area contributed by atoms with Gasteiger partial charge in [-0.3, -0.25) is 0 Å². The Morgan fingerprint density at radius 2 is 1.03 bits per heavy atom. The number of benzene rings is 4. The summed E-state index contributed by atoms with van der Waals surface area (Å²) in [5.41, 5.74) is 14.1. The van der Waals surface area contributed by atoms with Crippen LogP contribution < -0.4 is 0 Å². The maximum atomic E-state index is 7.51. The minimum absolute atomic E-state index is 0.461. The number of rotatable bonds is 5. The molecule has 4 aromatic rings. The van der Waals surface area contributed by atoms with E-state index in [4.69, 9.17) is 11.6 Å². The molecular weight excluding hydrogens is 575 g/mol. The van der Waals surface area contributed by atoms with Crippen molar-refractivity contribution in [3.63, 3.8) is 0 Å². The second-order valence-corrected chi connectivity index (χ2v) is 22.3. The Kier molecular flexibility index (Phi) is 7.25. The summed E-state index contributed by atoms with van der Waals surface area (Å²) in [6, 6.07) is 35.5. The van der Waals surface area contributed by atoms with Gasteiger partial charge in [-0.15, -0.1) is 0 Å². The first-order chi connectivity index (χ1) is 18.5. The van der Waals surface area contributed by atoms with Crippen LogP contribution in [0.3, 0.4) is 0 Å². The Labute approximate surface area is 241 Å². The van der Waals surface area contributed by atoms with Crippen molar-refractivity contribution in [2.24, 2.45) is 0 Å². The van der Waals surface area contributed by atoms with E-state index >= 15 is 0 Å². The van der Waals surface area contributed by atoms with Crippen LogP contribution in [0.25, 0.3) is 34.4 Å². The van der Waals surface area contributed by atoms with E-state index < -0.39 is 30.2 Å². The van der Waals surface area contributed by atoms with Gasteiger partial charge in [-0.25, -0.2) is 0 Å². The van der Waals surface area contributed by atoms with Gasteiger partial charge in [0.05, 0.1) is 0 Å². The van der Waals surface area contributed by atoms with Crippen molar-refractivity contribution in [3.05, 3.63) is 130 Å². The molecule has 0 nitrogen and oxygen atoms in total. The van der Waals surface area contributed by atoms with Gasteiger partial charge in [0.15, 0.2) is 0 Å². The van der Waals surface area contributed by atoms with Crippen molar-refractivity contribution in [2.75, 3.05) is 0 Å². The molecule has 0 N–H and O–H groups in total. The molecule has 0 aromatic heterocycles. The number of allylic oxidation sites excluding steroid dienone is 2. The molecule has 0 spiro atoms. The standard InChI is InChI=1S/2C16H13.C3H6ClSi.Zr/c2*1-12-10-14-8-5-9-15(16(14)11-12)13-6-3-2-4-7-13;1-5(2)3-4;/h2*2-11H,1H3;1-2H3;. The van der Waals surface area contributed by atoms with Crippen molar-refractivity contribution in [3.8, 4) is 22.3 Å². The van der Waals surface area contributed by atoms with Crippen LogP contribution >= 0.6 is 11.6 Å². The number of fused-ring (bicyclic) bond motifs is 2. The van der Waals surface area contributed by atoms with Gasteiger partial charge in [0, 0.05) is 0 Å². The summed E-state index contributed by atoms with van der Waals surface area (Å²) in [5, 5.41) is 0. The van der Waals surface area contributed by atoms with E-state index in [0.717, 1.165) is 0 Å². The summed E-state index contributed by atoms with van der Waals surface area (Å²) in [6.45, 7) is 9.49. The third-order valence-corrected chi connectivity index (χ3v) is 24.8. The number of hydrogen-bond acceptors (Lipinski definition) is 0. The molecule has 2 aliphatic carbocycles. The van der Waals surface area contributed by atoms with Gasteiger partial charge in [0.2, 0.25) is 0 Å². The summed E-state index contributed by atoms with van der Waals surface area (Å²) in [4.78, 5) is 0. The monoisotopic (exact) mass is 605 g/mol. The summed E-state index contributed by atoms with van der Waals surface area (Å²) in [5.74, 6) is 0. The molecule has 0 amide bonds. The molecule has 0 saturated carbocycles. The van der Waals surface area contributed by atoms with E-state index in [0.29, 0.717) is 7.25 Å². The Balaban J connectivity index is 1.52. The van der Waals surface area contributed by atoms with Gasteiger partial charge in [-0.2, -0.15) is 0 Å². The van der Waals surface area contributed by atoms with E-state index in [1.54, 1.807) is 0 Å². The van der Waals surface area contributed by atoms with Gasteiger partial charge in [0.1, 0.15) is 0 Å². The molecule has 0 aliphatic heterocycles. The number of halogens is 1. The number of hydrogen-bond donors (Lipinski definition) is 0. The van der Waals surface area contributed by atoms with Crippen molar-refractivity contribution in [1.82, 2.24) is 0 Å². The fourth-order valence-electron chi connectivity index (χ4n) is 6.38. The second-order valence-electron chi connectivity index (χ2n) is 10.8. The summed E-state index contributed by atoms with van der Waals surface area (Å²) in [6.07, 6.45) is 4.94. The normalized spacial score (nSPS) is 17.4. The van der Waals surface area contributed by atoms with E-state index in [2.05, 4.69) is 136 Å². The molecular formula is C35H32ClSiZr. The molecule has 2 aliphatic rings. The van der Waals surface area contributed by atoms with E-state index in [9.17, 15) is 0 Å². The van der Waals surface area contributed by atoms with Crippen molar-refractivity contribution < 1.29 is 21.8 Å². The van der Waals surface area contributed by atoms with Crippen LogP contribution in [0, 0.1) is 0 Å². The van der Waals surface area contributed by atoms with Gasteiger partial charge in [0.25, 0.3) is 0 Å². The SMILES string of the molecule is CC1=Cc2c(-c3ccccc3)cccc2[CH]1[Zr]([C](Cl)=[Si](C)C)[CH]1C(C)=Cc2c(-c3ccccc3)cccc21. The average Bonchev–Trinajstić information content (AvgIpc) is 3.45. The summed E-state index contributed by atoms with van der Waals surface area (Å²) in [7, 11) is -0.742. The molecule has 0 heterocycles. The van der Waals surface area contributed by atoms with Crippen molar-refractivity contribution in [2.45, 2.75) is 34.2 Å². The van der Waals surface area contributed by atoms with Crippen LogP contribution in [0.4, 0.5) is 0 Å². The zero-order chi connectivity index (χ0) is 26.4. The molecule has 2 unspecified atom stereocenters. The van der Waals surface area contributed by atoms with Crippen molar-refractivity contribution >= 4 is 34.5 Å². The van der Waals surface area contributed by atoms with E-state index in [1.165, 1.54) is 58.0 Å². The Morgan fingerprint density at radius 3 is 1.42 bits per heavy atom.